The predicted molar refractivity (Wildman–Crippen MR) is 74.0 cm³/mol. The van der Waals surface area contributed by atoms with Crippen molar-refractivity contribution in [2.45, 2.75) is 26.2 Å². The Morgan fingerprint density at radius 2 is 2.18 bits per heavy atom. The van der Waals surface area contributed by atoms with Gasteiger partial charge in [0.15, 0.2) is 0 Å². The number of hydrogen-bond acceptors (Lipinski definition) is 3. The summed E-state index contributed by atoms with van der Waals surface area (Å²) in [5.74, 6) is 5.70. The van der Waals surface area contributed by atoms with Gasteiger partial charge in [-0.2, -0.15) is 0 Å². The first-order valence-electron chi connectivity index (χ1n) is 5.79. The normalized spacial score (nSPS) is 14.1. The number of aromatic nitrogens is 1. The summed E-state index contributed by atoms with van der Waals surface area (Å²) in [7, 11) is 0. The van der Waals surface area contributed by atoms with Crippen LogP contribution in [0.3, 0.4) is 0 Å². The molecule has 0 bridgehead atoms. The lowest BCUT2D eigenvalue weighted by molar-refractivity contribution is 0.901. The van der Waals surface area contributed by atoms with E-state index in [0.29, 0.717) is 0 Å². The van der Waals surface area contributed by atoms with Crippen LogP contribution in [0.5, 0.6) is 0 Å². The molecule has 1 aliphatic carbocycles. The molecular weight excluding hydrogens is 278 g/mol. The molecule has 0 saturated carbocycles. The Hall–Kier alpha value is -1.13. The van der Waals surface area contributed by atoms with Crippen molar-refractivity contribution in [3.8, 4) is 0 Å². The number of pyridine rings is 1. The van der Waals surface area contributed by atoms with E-state index in [4.69, 9.17) is 10.8 Å². The topological polar surface area (TPSA) is 50.9 Å². The monoisotopic (exact) mass is 291 g/mol. The van der Waals surface area contributed by atoms with E-state index in [1.807, 2.05) is 0 Å². The molecular formula is C13H14BrN3. The van der Waals surface area contributed by atoms with E-state index >= 15 is 0 Å². The number of nitrogen functional groups attached to an aromatic ring is 1. The molecule has 3 N–H and O–H groups in total. The average molecular weight is 292 g/mol. The van der Waals surface area contributed by atoms with E-state index < -0.39 is 0 Å². The largest absolute Gasteiger partial charge is 0.323 e. The number of hydrazine groups is 1. The summed E-state index contributed by atoms with van der Waals surface area (Å²) in [6, 6.07) is 4.23. The molecule has 3 nitrogen and oxygen atoms in total. The summed E-state index contributed by atoms with van der Waals surface area (Å²) in [4.78, 5) is 4.76. The van der Waals surface area contributed by atoms with Gasteiger partial charge in [-0.05, 0) is 65.4 Å². The molecule has 0 fully saturated rings. The second kappa shape index (κ2) is 3.96. The Kier molecular flexibility index (Phi) is 2.56. The van der Waals surface area contributed by atoms with Gasteiger partial charge in [-0.1, -0.05) is 0 Å². The number of hydrogen-bond donors (Lipinski definition) is 2. The standard InChI is InChI=1S/C13H14BrN3/c1-7-5-9-12(17-15)8-3-2-4-11(8)16-13(9)10(14)6-7/h5-6H,2-4,15H2,1H3,(H,16,17). The minimum Gasteiger partial charge on any atom is -0.323 e. The second-order valence-corrected chi connectivity index (χ2v) is 5.41. The quantitative estimate of drug-likeness (QED) is 0.627. The molecule has 1 aromatic carbocycles. The third kappa shape index (κ3) is 1.63. The third-order valence-corrected chi connectivity index (χ3v) is 3.96. The van der Waals surface area contributed by atoms with Crippen LogP contribution in [0, 0.1) is 6.92 Å². The van der Waals surface area contributed by atoms with Crippen molar-refractivity contribution in [3.63, 3.8) is 0 Å². The zero-order valence-electron chi connectivity index (χ0n) is 9.68. The lowest BCUT2D eigenvalue weighted by atomic mass is 10.1. The molecule has 2 aromatic rings. The number of aryl methyl sites for hydroxylation is 2. The summed E-state index contributed by atoms with van der Waals surface area (Å²) >= 11 is 3.59. The summed E-state index contributed by atoms with van der Waals surface area (Å²) in [5.41, 5.74) is 8.60. The van der Waals surface area contributed by atoms with E-state index in [1.54, 1.807) is 0 Å². The van der Waals surface area contributed by atoms with Gasteiger partial charge in [0.1, 0.15) is 0 Å². The Balaban J connectivity index is 2.45. The van der Waals surface area contributed by atoms with Gasteiger partial charge in [0.2, 0.25) is 0 Å². The highest BCUT2D eigenvalue weighted by atomic mass is 79.9. The SMILES string of the molecule is Cc1cc(Br)c2nc3c(c(NN)c2c1)CCC3. The Bertz CT molecular complexity index is 607. The van der Waals surface area contributed by atoms with Crippen LogP contribution in [-0.2, 0) is 12.8 Å². The molecule has 0 radical (unpaired) electrons. The molecule has 3 rings (SSSR count). The first kappa shape index (κ1) is 11.0. The van der Waals surface area contributed by atoms with Crippen molar-refractivity contribution in [3.05, 3.63) is 33.4 Å². The maximum Gasteiger partial charge on any atom is 0.0868 e. The molecule has 1 aliphatic rings. The van der Waals surface area contributed by atoms with Crippen LogP contribution in [0.1, 0.15) is 23.2 Å². The number of nitrogens with one attached hydrogen (secondary N) is 1. The van der Waals surface area contributed by atoms with E-state index in [0.717, 1.165) is 33.9 Å². The highest BCUT2D eigenvalue weighted by Gasteiger charge is 2.20. The van der Waals surface area contributed by atoms with Gasteiger partial charge < -0.3 is 5.43 Å². The summed E-state index contributed by atoms with van der Waals surface area (Å²) in [6.07, 6.45) is 3.30. The molecule has 0 spiro atoms. The summed E-state index contributed by atoms with van der Waals surface area (Å²) < 4.78 is 1.04. The van der Waals surface area contributed by atoms with Crippen LogP contribution in [-0.4, -0.2) is 4.98 Å². The average Bonchev–Trinajstić information content (AvgIpc) is 2.74. The number of nitrogens with two attached hydrogens (primary N) is 1. The fourth-order valence-electron chi connectivity index (χ4n) is 2.62. The number of rotatable bonds is 1. The van der Waals surface area contributed by atoms with E-state index in [1.165, 1.54) is 23.2 Å². The van der Waals surface area contributed by atoms with Gasteiger partial charge >= 0.3 is 0 Å². The van der Waals surface area contributed by atoms with Crippen LogP contribution >= 0.6 is 15.9 Å². The van der Waals surface area contributed by atoms with Crippen molar-refractivity contribution in [1.29, 1.82) is 0 Å². The van der Waals surface area contributed by atoms with Gasteiger partial charge in [-0.15, -0.1) is 0 Å². The summed E-state index contributed by atoms with van der Waals surface area (Å²) in [6.45, 7) is 2.08. The van der Waals surface area contributed by atoms with E-state index in [9.17, 15) is 0 Å². The van der Waals surface area contributed by atoms with Crippen LogP contribution in [0.25, 0.3) is 10.9 Å². The molecule has 0 unspecified atom stereocenters. The number of halogens is 1. The fraction of sp³-hybridized carbons (Fsp3) is 0.308. The molecule has 4 heteroatoms. The molecule has 88 valence electrons. The lowest BCUT2D eigenvalue weighted by Crippen LogP contribution is -2.11. The third-order valence-electron chi connectivity index (χ3n) is 3.36. The van der Waals surface area contributed by atoms with Crippen molar-refractivity contribution in [2.75, 3.05) is 5.43 Å². The van der Waals surface area contributed by atoms with Gasteiger partial charge in [0, 0.05) is 15.6 Å². The maximum atomic E-state index is 5.70. The van der Waals surface area contributed by atoms with Crippen LogP contribution < -0.4 is 11.3 Å². The van der Waals surface area contributed by atoms with E-state index in [-0.39, 0.29) is 0 Å². The Morgan fingerprint density at radius 3 is 2.94 bits per heavy atom. The van der Waals surface area contributed by atoms with Crippen molar-refractivity contribution in [1.82, 2.24) is 4.98 Å². The molecule has 0 atom stereocenters. The van der Waals surface area contributed by atoms with Crippen molar-refractivity contribution >= 4 is 32.5 Å². The number of fused-ring (bicyclic) bond motifs is 2. The van der Waals surface area contributed by atoms with Crippen LogP contribution in [0.4, 0.5) is 5.69 Å². The highest BCUT2D eigenvalue weighted by Crippen LogP contribution is 2.36. The molecule has 0 amide bonds. The van der Waals surface area contributed by atoms with Crippen LogP contribution in [0.15, 0.2) is 16.6 Å². The van der Waals surface area contributed by atoms with Gasteiger partial charge in [-0.25, -0.2) is 0 Å². The number of nitrogens with zero attached hydrogens (tertiary/aromatic N) is 1. The molecule has 17 heavy (non-hydrogen) atoms. The smallest absolute Gasteiger partial charge is 0.0868 e. The molecule has 0 aliphatic heterocycles. The van der Waals surface area contributed by atoms with Crippen LogP contribution in [0.2, 0.25) is 0 Å². The van der Waals surface area contributed by atoms with Gasteiger partial charge in [-0.3, -0.25) is 10.8 Å². The fourth-order valence-corrected chi connectivity index (χ4v) is 3.28. The van der Waals surface area contributed by atoms with E-state index in [2.05, 4.69) is 40.4 Å². The first-order valence-corrected chi connectivity index (χ1v) is 6.58. The van der Waals surface area contributed by atoms with Gasteiger partial charge in [0.25, 0.3) is 0 Å². The van der Waals surface area contributed by atoms with Crippen molar-refractivity contribution in [2.24, 2.45) is 5.84 Å². The predicted octanol–water partition coefficient (Wildman–Crippen LogP) is 3.08. The van der Waals surface area contributed by atoms with Gasteiger partial charge in [0.05, 0.1) is 11.2 Å². The zero-order valence-corrected chi connectivity index (χ0v) is 11.3. The van der Waals surface area contributed by atoms with Crippen molar-refractivity contribution < 1.29 is 0 Å². The zero-order chi connectivity index (χ0) is 12.0. The highest BCUT2D eigenvalue weighted by molar-refractivity contribution is 9.10. The Morgan fingerprint density at radius 1 is 1.35 bits per heavy atom. The second-order valence-electron chi connectivity index (χ2n) is 4.55. The summed E-state index contributed by atoms with van der Waals surface area (Å²) in [5, 5.41) is 1.11. The minimum absolute atomic E-state index is 1.00. The molecule has 1 heterocycles. The molecule has 1 aromatic heterocycles. The molecule has 0 saturated heterocycles. The minimum atomic E-state index is 1.00. The maximum absolute atomic E-state index is 5.70. The lowest BCUT2D eigenvalue weighted by Gasteiger charge is -2.13. The number of anilines is 1. The first-order chi connectivity index (χ1) is 8.20. The number of benzene rings is 1. The Labute approximate surface area is 109 Å².